The van der Waals surface area contributed by atoms with Gasteiger partial charge in [0, 0.05) is 28.8 Å². The molecule has 1 aliphatic rings. The molecule has 0 saturated carbocycles. The molecule has 2 aromatic carbocycles. The summed E-state index contributed by atoms with van der Waals surface area (Å²) in [5.74, 6) is 0.0418. The SMILES string of the molecule is Cc1ccc(NC(=O)[C@@H]2CCCN(Cc3ccccc3Cl)C2)cc1Cl. The van der Waals surface area contributed by atoms with E-state index in [-0.39, 0.29) is 11.8 Å². The predicted octanol–water partition coefficient (Wildman–Crippen LogP) is 5.15. The lowest BCUT2D eigenvalue weighted by molar-refractivity contribution is -0.121. The van der Waals surface area contributed by atoms with Crippen LogP contribution in [0.25, 0.3) is 0 Å². The topological polar surface area (TPSA) is 32.3 Å². The number of anilines is 1. The maximum absolute atomic E-state index is 12.6. The molecule has 1 N–H and O–H groups in total. The van der Waals surface area contributed by atoms with E-state index in [0.717, 1.165) is 54.3 Å². The fraction of sp³-hybridized carbons (Fsp3) is 0.350. The number of benzene rings is 2. The zero-order valence-corrected chi connectivity index (χ0v) is 15.8. The Balaban J connectivity index is 1.61. The first-order chi connectivity index (χ1) is 12.0. The van der Waals surface area contributed by atoms with Crippen LogP contribution in [0.5, 0.6) is 0 Å². The molecule has 0 unspecified atom stereocenters. The molecule has 132 valence electrons. The standard InChI is InChI=1S/C20H22Cl2N2O/c1-14-8-9-17(11-19(14)22)23-20(25)16-6-4-10-24(13-16)12-15-5-2-3-7-18(15)21/h2-3,5,7-9,11,16H,4,6,10,12-13H2,1H3,(H,23,25)/t16-/m1/s1. The third kappa shape index (κ3) is 4.75. The van der Waals surface area contributed by atoms with E-state index >= 15 is 0 Å². The smallest absolute Gasteiger partial charge is 0.228 e. The first kappa shape index (κ1) is 18.2. The van der Waals surface area contributed by atoms with E-state index < -0.39 is 0 Å². The molecule has 1 amide bonds. The first-order valence-electron chi connectivity index (χ1n) is 8.55. The van der Waals surface area contributed by atoms with Crippen LogP contribution in [0.4, 0.5) is 5.69 Å². The number of hydrogen-bond acceptors (Lipinski definition) is 2. The molecular formula is C20H22Cl2N2O. The largest absolute Gasteiger partial charge is 0.326 e. The zero-order valence-electron chi connectivity index (χ0n) is 14.3. The number of halogens is 2. The summed E-state index contributed by atoms with van der Waals surface area (Å²) in [6, 6.07) is 13.5. The molecule has 1 atom stereocenters. The third-order valence-electron chi connectivity index (χ3n) is 4.67. The second-order valence-corrected chi connectivity index (χ2v) is 7.43. The number of aryl methyl sites for hydroxylation is 1. The Morgan fingerprint density at radius 3 is 2.76 bits per heavy atom. The van der Waals surface area contributed by atoms with Gasteiger partial charge in [0.15, 0.2) is 0 Å². The summed E-state index contributed by atoms with van der Waals surface area (Å²) in [5, 5.41) is 4.45. The number of carbonyl (C=O) groups is 1. The second kappa shape index (κ2) is 8.22. The summed E-state index contributed by atoms with van der Waals surface area (Å²) in [7, 11) is 0. The molecule has 0 aliphatic carbocycles. The van der Waals surface area contributed by atoms with Gasteiger partial charge in [0.25, 0.3) is 0 Å². The van der Waals surface area contributed by atoms with Crippen LogP contribution >= 0.6 is 23.2 Å². The van der Waals surface area contributed by atoms with Crippen molar-refractivity contribution in [1.29, 1.82) is 0 Å². The molecule has 0 bridgehead atoms. The van der Waals surface area contributed by atoms with Gasteiger partial charge in [-0.3, -0.25) is 9.69 Å². The monoisotopic (exact) mass is 376 g/mol. The maximum atomic E-state index is 12.6. The van der Waals surface area contributed by atoms with Crippen LogP contribution in [0, 0.1) is 12.8 Å². The molecule has 0 spiro atoms. The number of amides is 1. The van der Waals surface area contributed by atoms with Crippen molar-refractivity contribution < 1.29 is 4.79 Å². The minimum Gasteiger partial charge on any atom is -0.326 e. The average Bonchev–Trinajstić information content (AvgIpc) is 2.60. The van der Waals surface area contributed by atoms with E-state index in [2.05, 4.69) is 10.2 Å². The molecule has 3 nitrogen and oxygen atoms in total. The third-order valence-corrected chi connectivity index (χ3v) is 5.44. The van der Waals surface area contributed by atoms with Gasteiger partial charge in [0.2, 0.25) is 5.91 Å². The van der Waals surface area contributed by atoms with E-state index in [1.807, 2.05) is 43.3 Å². The molecule has 25 heavy (non-hydrogen) atoms. The molecule has 0 radical (unpaired) electrons. The number of carbonyl (C=O) groups excluding carboxylic acids is 1. The predicted molar refractivity (Wildman–Crippen MR) is 104 cm³/mol. The van der Waals surface area contributed by atoms with Crippen molar-refractivity contribution >= 4 is 34.8 Å². The molecule has 1 aliphatic heterocycles. The number of rotatable bonds is 4. The van der Waals surface area contributed by atoms with Crippen molar-refractivity contribution in [3.8, 4) is 0 Å². The number of nitrogens with zero attached hydrogens (tertiary/aromatic N) is 1. The fourth-order valence-corrected chi connectivity index (χ4v) is 3.57. The number of piperidine rings is 1. The van der Waals surface area contributed by atoms with Crippen molar-refractivity contribution in [3.05, 3.63) is 63.6 Å². The molecule has 1 heterocycles. The van der Waals surface area contributed by atoms with Gasteiger partial charge in [-0.1, -0.05) is 47.5 Å². The van der Waals surface area contributed by atoms with Gasteiger partial charge in [0.1, 0.15) is 0 Å². The van der Waals surface area contributed by atoms with Crippen molar-refractivity contribution in [3.63, 3.8) is 0 Å². The van der Waals surface area contributed by atoms with E-state index in [4.69, 9.17) is 23.2 Å². The molecule has 1 saturated heterocycles. The van der Waals surface area contributed by atoms with E-state index in [1.165, 1.54) is 0 Å². The highest BCUT2D eigenvalue weighted by molar-refractivity contribution is 6.31. The van der Waals surface area contributed by atoms with E-state index in [1.54, 1.807) is 6.07 Å². The minimum atomic E-state index is -0.0173. The van der Waals surface area contributed by atoms with Crippen molar-refractivity contribution in [2.45, 2.75) is 26.3 Å². The van der Waals surface area contributed by atoms with Crippen molar-refractivity contribution in [2.24, 2.45) is 5.92 Å². The van der Waals surface area contributed by atoms with Gasteiger partial charge in [-0.2, -0.15) is 0 Å². The van der Waals surface area contributed by atoms with Crippen LogP contribution in [0.2, 0.25) is 10.0 Å². The second-order valence-electron chi connectivity index (χ2n) is 6.62. The Labute approximate surface area is 158 Å². The van der Waals surface area contributed by atoms with Crippen LogP contribution in [0.15, 0.2) is 42.5 Å². The lowest BCUT2D eigenvalue weighted by Gasteiger charge is -2.32. The highest BCUT2D eigenvalue weighted by Gasteiger charge is 2.26. The fourth-order valence-electron chi connectivity index (χ4n) is 3.20. The molecule has 0 aromatic heterocycles. The van der Waals surface area contributed by atoms with E-state index in [0.29, 0.717) is 5.02 Å². The number of nitrogens with one attached hydrogen (secondary N) is 1. The number of likely N-dealkylation sites (tertiary alicyclic amines) is 1. The zero-order chi connectivity index (χ0) is 17.8. The Morgan fingerprint density at radius 1 is 1.20 bits per heavy atom. The van der Waals surface area contributed by atoms with Gasteiger partial charge in [-0.05, 0) is 55.6 Å². The summed E-state index contributed by atoms with van der Waals surface area (Å²) < 4.78 is 0. The van der Waals surface area contributed by atoms with E-state index in [9.17, 15) is 4.79 Å². The first-order valence-corrected chi connectivity index (χ1v) is 9.31. The van der Waals surface area contributed by atoms with Crippen LogP contribution < -0.4 is 5.32 Å². The highest BCUT2D eigenvalue weighted by atomic mass is 35.5. The summed E-state index contributed by atoms with van der Waals surface area (Å²) in [5.41, 5.74) is 2.86. The minimum absolute atomic E-state index is 0.0173. The summed E-state index contributed by atoms with van der Waals surface area (Å²) in [4.78, 5) is 14.9. The molecular weight excluding hydrogens is 355 g/mol. The van der Waals surface area contributed by atoms with Crippen LogP contribution in [-0.2, 0) is 11.3 Å². The van der Waals surface area contributed by atoms with Gasteiger partial charge in [-0.15, -0.1) is 0 Å². The quantitative estimate of drug-likeness (QED) is 0.799. The average molecular weight is 377 g/mol. The van der Waals surface area contributed by atoms with Gasteiger partial charge >= 0.3 is 0 Å². The number of hydrogen-bond donors (Lipinski definition) is 1. The molecule has 5 heteroatoms. The lowest BCUT2D eigenvalue weighted by atomic mass is 9.96. The summed E-state index contributed by atoms with van der Waals surface area (Å²) in [6.07, 6.45) is 1.92. The van der Waals surface area contributed by atoms with Crippen LogP contribution in [0.3, 0.4) is 0 Å². The normalized spacial score (nSPS) is 18.1. The molecule has 1 fully saturated rings. The lowest BCUT2D eigenvalue weighted by Crippen LogP contribution is -2.40. The molecule has 3 rings (SSSR count). The van der Waals surface area contributed by atoms with Crippen molar-refractivity contribution in [2.75, 3.05) is 18.4 Å². The van der Waals surface area contributed by atoms with Gasteiger partial charge < -0.3 is 5.32 Å². The van der Waals surface area contributed by atoms with Crippen molar-refractivity contribution in [1.82, 2.24) is 4.90 Å². The van der Waals surface area contributed by atoms with Crippen LogP contribution in [-0.4, -0.2) is 23.9 Å². The van der Waals surface area contributed by atoms with Crippen LogP contribution in [0.1, 0.15) is 24.0 Å². The maximum Gasteiger partial charge on any atom is 0.228 e. The Bertz CT molecular complexity index is 763. The summed E-state index contributed by atoms with van der Waals surface area (Å²) in [6.45, 7) is 4.46. The Morgan fingerprint density at radius 2 is 2.00 bits per heavy atom. The molecule has 2 aromatic rings. The van der Waals surface area contributed by atoms with Gasteiger partial charge in [0.05, 0.1) is 5.92 Å². The highest BCUT2D eigenvalue weighted by Crippen LogP contribution is 2.24. The van der Waals surface area contributed by atoms with Gasteiger partial charge in [-0.25, -0.2) is 0 Å². The Kier molecular flexibility index (Phi) is 6.00. The Hall–Kier alpha value is -1.55. The summed E-state index contributed by atoms with van der Waals surface area (Å²) >= 11 is 12.4.